The number of furan rings is 1. The van der Waals surface area contributed by atoms with Crippen LogP contribution in [0.3, 0.4) is 0 Å². The van der Waals surface area contributed by atoms with Crippen molar-refractivity contribution in [3.8, 4) is 0 Å². The maximum absolute atomic E-state index is 10.9. The summed E-state index contributed by atoms with van der Waals surface area (Å²) >= 11 is 0. The third kappa shape index (κ3) is 3.40. The molecule has 0 spiro atoms. The molecule has 3 rings (SSSR count). The number of anilines is 1. The summed E-state index contributed by atoms with van der Waals surface area (Å²) in [5, 5.41) is 8.96. The van der Waals surface area contributed by atoms with Crippen LogP contribution in [0.25, 0.3) is 0 Å². The van der Waals surface area contributed by atoms with E-state index in [1.54, 1.807) is 6.07 Å². The van der Waals surface area contributed by atoms with Crippen LogP contribution in [0.4, 0.5) is 5.69 Å². The highest BCUT2D eigenvalue weighted by atomic mass is 16.4. The number of rotatable bonds is 4. The van der Waals surface area contributed by atoms with Crippen molar-refractivity contribution in [1.82, 2.24) is 4.90 Å². The number of carboxylic acids is 1. The Hall–Kier alpha value is -2.27. The Kier molecular flexibility index (Phi) is 4.39. The normalized spacial score (nSPS) is 17.2. The van der Waals surface area contributed by atoms with Gasteiger partial charge in [0.05, 0.1) is 6.04 Å². The molecule has 0 amide bonds. The second kappa shape index (κ2) is 6.46. The highest BCUT2D eigenvalue weighted by Crippen LogP contribution is 2.25. The summed E-state index contributed by atoms with van der Waals surface area (Å²) in [6, 6.07) is 11.9. The van der Waals surface area contributed by atoms with Gasteiger partial charge >= 0.3 is 5.97 Å². The summed E-state index contributed by atoms with van der Waals surface area (Å²) in [7, 11) is 0. The Labute approximate surface area is 136 Å². The van der Waals surface area contributed by atoms with Gasteiger partial charge in [-0.15, -0.1) is 0 Å². The van der Waals surface area contributed by atoms with Gasteiger partial charge in [0.15, 0.2) is 0 Å². The minimum absolute atomic E-state index is 0.00486. The Morgan fingerprint density at radius 3 is 2.52 bits per heavy atom. The fourth-order valence-electron chi connectivity index (χ4n) is 3.06. The molecule has 1 aromatic carbocycles. The Morgan fingerprint density at radius 2 is 1.91 bits per heavy atom. The molecule has 0 aliphatic carbocycles. The van der Waals surface area contributed by atoms with Crippen molar-refractivity contribution in [2.24, 2.45) is 0 Å². The highest BCUT2D eigenvalue weighted by molar-refractivity contribution is 5.84. The van der Waals surface area contributed by atoms with E-state index in [4.69, 9.17) is 9.52 Å². The molecule has 1 aliphatic rings. The van der Waals surface area contributed by atoms with E-state index < -0.39 is 5.97 Å². The lowest BCUT2D eigenvalue weighted by molar-refractivity contribution is 0.0655. The van der Waals surface area contributed by atoms with Crippen LogP contribution in [0, 0.1) is 6.92 Å². The molecule has 5 heteroatoms. The van der Waals surface area contributed by atoms with Gasteiger partial charge in [0.1, 0.15) is 5.76 Å². The van der Waals surface area contributed by atoms with Crippen LogP contribution >= 0.6 is 0 Å². The van der Waals surface area contributed by atoms with Crippen LogP contribution in [0.2, 0.25) is 0 Å². The predicted octanol–water partition coefficient (Wildman–Crippen LogP) is 3.17. The highest BCUT2D eigenvalue weighted by Gasteiger charge is 2.24. The summed E-state index contributed by atoms with van der Waals surface area (Å²) in [5.41, 5.74) is 2.54. The topological polar surface area (TPSA) is 56.9 Å². The Morgan fingerprint density at radius 1 is 1.17 bits per heavy atom. The Bertz CT molecular complexity index is 687. The molecule has 0 bridgehead atoms. The molecule has 0 radical (unpaired) electrons. The summed E-state index contributed by atoms with van der Waals surface area (Å²) in [4.78, 5) is 15.6. The number of piperazine rings is 1. The maximum Gasteiger partial charge on any atom is 0.371 e. The number of aryl methyl sites for hydroxylation is 1. The summed E-state index contributed by atoms with van der Waals surface area (Å²) in [6.45, 7) is 7.95. The van der Waals surface area contributed by atoms with E-state index in [1.807, 2.05) is 0 Å². The van der Waals surface area contributed by atoms with E-state index in [0.29, 0.717) is 5.76 Å². The smallest absolute Gasteiger partial charge is 0.371 e. The number of nitrogens with zero attached hydrogens (tertiary/aromatic N) is 2. The summed E-state index contributed by atoms with van der Waals surface area (Å²) in [5.74, 6) is -0.302. The van der Waals surface area contributed by atoms with Crippen LogP contribution in [-0.2, 0) is 0 Å². The average Bonchev–Trinajstić information content (AvgIpc) is 3.04. The fraction of sp³-hybridized carbons (Fsp3) is 0.389. The van der Waals surface area contributed by atoms with Gasteiger partial charge in [0.2, 0.25) is 5.76 Å². The molecule has 1 saturated heterocycles. The van der Waals surface area contributed by atoms with Gasteiger partial charge in [0.25, 0.3) is 0 Å². The largest absolute Gasteiger partial charge is 0.475 e. The summed E-state index contributed by atoms with van der Waals surface area (Å²) < 4.78 is 5.43. The molecule has 1 aliphatic heterocycles. The molecule has 0 saturated carbocycles. The van der Waals surface area contributed by atoms with Crippen molar-refractivity contribution >= 4 is 11.7 Å². The first-order valence-corrected chi connectivity index (χ1v) is 7.93. The number of hydrogen-bond acceptors (Lipinski definition) is 4. The average molecular weight is 314 g/mol. The molecule has 122 valence electrons. The molecule has 1 N–H and O–H groups in total. The van der Waals surface area contributed by atoms with Gasteiger partial charge < -0.3 is 14.4 Å². The van der Waals surface area contributed by atoms with Crippen LogP contribution < -0.4 is 4.90 Å². The summed E-state index contributed by atoms with van der Waals surface area (Å²) in [6.07, 6.45) is 0. The van der Waals surface area contributed by atoms with E-state index in [0.717, 1.165) is 26.2 Å². The molecule has 2 heterocycles. The van der Waals surface area contributed by atoms with E-state index in [2.05, 4.69) is 47.9 Å². The quantitative estimate of drug-likeness (QED) is 0.939. The lowest BCUT2D eigenvalue weighted by Gasteiger charge is -2.38. The molecule has 23 heavy (non-hydrogen) atoms. The molecule has 1 atom stereocenters. The van der Waals surface area contributed by atoms with Crippen LogP contribution in [0.5, 0.6) is 0 Å². The van der Waals surface area contributed by atoms with Gasteiger partial charge in [0, 0.05) is 31.9 Å². The number of benzene rings is 1. The zero-order valence-electron chi connectivity index (χ0n) is 13.5. The van der Waals surface area contributed by atoms with Gasteiger partial charge in [-0.3, -0.25) is 4.90 Å². The van der Waals surface area contributed by atoms with Crippen molar-refractivity contribution in [1.29, 1.82) is 0 Å². The first-order valence-electron chi connectivity index (χ1n) is 7.93. The van der Waals surface area contributed by atoms with Crippen molar-refractivity contribution in [3.63, 3.8) is 0 Å². The Balaban J connectivity index is 1.62. The van der Waals surface area contributed by atoms with Gasteiger partial charge in [-0.25, -0.2) is 4.79 Å². The van der Waals surface area contributed by atoms with Gasteiger partial charge in [-0.2, -0.15) is 0 Å². The number of hydrogen-bond donors (Lipinski definition) is 1. The molecule has 1 fully saturated rings. The van der Waals surface area contributed by atoms with Gasteiger partial charge in [-0.05, 0) is 43.7 Å². The first-order chi connectivity index (χ1) is 11.0. The van der Waals surface area contributed by atoms with Crippen LogP contribution in [-0.4, -0.2) is 42.2 Å². The van der Waals surface area contributed by atoms with Crippen molar-refractivity contribution in [2.75, 3.05) is 31.1 Å². The lowest BCUT2D eigenvalue weighted by Crippen LogP contribution is -2.47. The molecular formula is C18H22N2O3. The second-order valence-electron chi connectivity index (χ2n) is 6.05. The third-order valence-corrected chi connectivity index (χ3v) is 4.48. The van der Waals surface area contributed by atoms with E-state index in [1.165, 1.54) is 17.3 Å². The SMILES string of the molecule is Cc1cccc(N2CCN(C(C)c3ccc(C(=O)O)o3)CC2)c1. The van der Waals surface area contributed by atoms with Crippen molar-refractivity contribution in [3.05, 3.63) is 53.5 Å². The minimum atomic E-state index is -1.02. The molecule has 2 aromatic rings. The van der Waals surface area contributed by atoms with Gasteiger partial charge in [-0.1, -0.05) is 12.1 Å². The first kappa shape index (κ1) is 15.6. The van der Waals surface area contributed by atoms with Crippen LogP contribution in [0.15, 0.2) is 40.8 Å². The number of aromatic carboxylic acids is 1. The number of carbonyl (C=O) groups is 1. The maximum atomic E-state index is 10.9. The van der Waals surface area contributed by atoms with Crippen molar-refractivity contribution < 1.29 is 14.3 Å². The number of carboxylic acid groups (broad SMARTS) is 1. The molecule has 5 nitrogen and oxygen atoms in total. The lowest BCUT2D eigenvalue weighted by atomic mass is 10.1. The minimum Gasteiger partial charge on any atom is -0.475 e. The molecule has 1 unspecified atom stereocenters. The predicted molar refractivity (Wildman–Crippen MR) is 89.0 cm³/mol. The zero-order chi connectivity index (χ0) is 16.4. The van der Waals surface area contributed by atoms with Crippen molar-refractivity contribution in [2.45, 2.75) is 19.9 Å². The fourth-order valence-corrected chi connectivity index (χ4v) is 3.06. The van der Waals surface area contributed by atoms with E-state index in [9.17, 15) is 4.79 Å². The molecular weight excluding hydrogens is 292 g/mol. The zero-order valence-corrected chi connectivity index (χ0v) is 13.5. The third-order valence-electron chi connectivity index (χ3n) is 4.48. The van der Waals surface area contributed by atoms with E-state index in [-0.39, 0.29) is 11.8 Å². The van der Waals surface area contributed by atoms with Crippen LogP contribution in [0.1, 0.15) is 34.8 Å². The second-order valence-corrected chi connectivity index (χ2v) is 6.05. The molecule has 1 aromatic heterocycles. The standard InChI is InChI=1S/C18H22N2O3/c1-13-4-3-5-15(12-13)20-10-8-19(9-11-20)14(2)16-6-7-17(23-16)18(21)22/h3-7,12,14H,8-11H2,1-2H3,(H,21,22). The van der Waals surface area contributed by atoms with E-state index >= 15 is 0 Å². The monoisotopic (exact) mass is 314 g/mol.